The minimum absolute atomic E-state index is 0.133. The monoisotopic (exact) mass is 312 g/mol. The highest BCUT2D eigenvalue weighted by molar-refractivity contribution is 5.74. The van der Waals surface area contributed by atoms with E-state index in [0.717, 1.165) is 31.6 Å². The van der Waals surface area contributed by atoms with Crippen LogP contribution in [0.4, 0.5) is 0 Å². The van der Waals surface area contributed by atoms with Crippen molar-refractivity contribution >= 4 is 5.91 Å². The molecule has 23 heavy (non-hydrogen) atoms. The van der Waals surface area contributed by atoms with Crippen LogP contribution in [0.5, 0.6) is 0 Å². The number of likely N-dealkylation sites (tertiary alicyclic amines) is 2. The zero-order valence-electron chi connectivity index (χ0n) is 13.4. The van der Waals surface area contributed by atoms with Crippen molar-refractivity contribution in [3.05, 3.63) is 36.2 Å². The molecular formula is C17H20N4O2. The largest absolute Gasteiger partial charge is 0.419 e. The van der Waals surface area contributed by atoms with Crippen LogP contribution in [0, 0.1) is 5.41 Å². The highest BCUT2D eigenvalue weighted by Gasteiger charge is 2.52. The Labute approximate surface area is 135 Å². The lowest BCUT2D eigenvalue weighted by atomic mass is 9.78. The van der Waals surface area contributed by atoms with Crippen LogP contribution in [0.25, 0.3) is 11.5 Å². The van der Waals surface area contributed by atoms with E-state index in [1.165, 1.54) is 0 Å². The van der Waals surface area contributed by atoms with Crippen LogP contribution in [0.3, 0.4) is 0 Å². The first-order chi connectivity index (χ1) is 11.1. The van der Waals surface area contributed by atoms with Gasteiger partial charge in [0, 0.05) is 37.5 Å². The van der Waals surface area contributed by atoms with Gasteiger partial charge in [0.2, 0.25) is 17.7 Å². The van der Waals surface area contributed by atoms with Gasteiger partial charge in [-0.05, 0) is 25.6 Å². The van der Waals surface area contributed by atoms with Gasteiger partial charge in [-0.2, -0.15) is 0 Å². The third-order valence-electron chi connectivity index (χ3n) is 4.99. The summed E-state index contributed by atoms with van der Waals surface area (Å²) in [5.74, 6) is 1.39. The molecule has 0 radical (unpaired) electrons. The van der Waals surface area contributed by atoms with Gasteiger partial charge in [0.05, 0.1) is 6.04 Å². The van der Waals surface area contributed by atoms with Crippen LogP contribution >= 0.6 is 0 Å². The van der Waals surface area contributed by atoms with Crippen LogP contribution in [-0.2, 0) is 4.79 Å². The number of amides is 1. The quantitative estimate of drug-likeness (QED) is 0.848. The van der Waals surface area contributed by atoms with E-state index in [1.54, 1.807) is 6.92 Å². The minimum Gasteiger partial charge on any atom is -0.419 e. The summed E-state index contributed by atoms with van der Waals surface area (Å²) in [6, 6.07) is 9.95. The van der Waals surface area contributed by atoms with E-state index in [2.05, 4.69) is 22.1 Å². The van der Waals surface area contributed by atoms with Gasteiger partial charge in [-0.1, -0.05) is 18.2 Å². The summed E-state index contributed by atoms with van der Waals surface area (Å²) < 4.78 is 5.92. The molecular weight excluding hydrogens is 292 g/mol. The van der Waals surface area contributed by atoms with Crippen molar-refractivity contribution in [3.63, 3.8) is 0 Å². The molecule has 0 N–H and O–H groups in total. The fraction of sp³-hybridized carbons (Fsp3) is 0.471. The molecule has 4 rings (SSSR count). The van der Waals surface area contributed by atoms with Crippen molar-refractivity contribution in [1.82, 2.24) is 20.0 Å². The Kier molecular flexibility index (Phi) is 3.23. The van der Waals surface area contributed by atoms with Crippen molar-refractivity contribution in [1.29, 1.82) is 0 Å². The molecule has 2 fully saturated rings. The number of nitrogens with zero attached hydrogens (tertiary/aromatic N) is 4. The van der Waals surface area contributed by atoms with E-state index in [1.807, 2.05) is 35.2 Å². The number of hydrogen-bond donors (Lipinski definition) is 0. The van der Waals surface area contributed by atoms with Crippen LogP contribution in [0.15, 0.2) is 34.7 Å². The molecule has 120 valence electrons. The fourth-order valence-corrected chi connectivity index (χ4v) is 3.83. The van der Waals surface area contributed by atoms with Crippen molar-refractivity contribution in [3.8, 4) is 11.5 Å². The van der Waals surface area contributed by atoms with Gasteiger partial charge in [-0.15, -0.1) is 10.2 Å². The maximum atomic E-state index is 11.4. The third-order valence-corrected chi connectivity index (χ3v) is 4.99. The zero-order valence-corrected chi connectivity index (χ0v) is 13.4. The highest BCUT2D eigenvalue weighted by atomic mass is 16.4. The molecule has 1 aromatic heterocycles. The lowest BCUT2D eigenvalue weighted by molar-refractivity contribution is -0.140. The second kappa shape index (κ2) is 5.16. The predicted octanol–water partition coefficient (Wildman–Crippen LogP) is 1.96. The van der Waals surface area contributed by atoms with Gasteiger partial charge >= 0.3 is 0 Å². The van der Waals surface area contributed by atoms with E-state index < -0.39 is 0 Å². The highest BCUT2D eigenvalue weighted by Crippen LogP contribution is 2.47. The fourth-order valence-electron chi connectivity index (χ4n) is 3.83. The molecule has 2 aliphatic heterocycles. The van der Waals surface area contributed by atoms with E-state index in [4.69, 9.17) is 4.42 Å². The molecule has 1 aromatic carbocycles. The number of hydrogen-bond acceptors (Lipinski definition) is 5. The average Bonchev–Trinajstić information content (AvgIpc) is 3.11. The molecule has 1 atom stereocenters. The van der Waals surface area contributed by atoms with Crippen LogP contribution in [-0.4, -0.2) is 52.6 Å². The summed E-state index contributed by atoms with van der Waals surface area (Å²) in [5.41, 5.74) is 1.12. The molecule has 2 saturated heterocycles. The zero-order chi connectivity index (χ0) is 16.0. The maximum absolute atomic E-state index is 11.4. The van der Waals surface area contributed by atoms with Gasteiger partial charge in [-0.25, -0.2) is 0 Å². The Hall–Kier alpha value is -2.21. The van der Waals surface area contributed by atoms with Gasteiger partial charge in [0.1, 0.15) is 0 Å². The molecule has 0 aliphatic carbocycles. The summed E-state index contributed by atoms with van der Waals surface area (Å²) >= 11 is 0. The van der Waals surface area contributed by atoms with Crippen LogP contribution in [0.2, 0.25) is 0 Å². The van der Waals surface area contributed by atoms with Crippen LogP contribution in [0.1, 0.15) is 25.3 Å². The molecule has 2 aromatic rings. The molecule has 6 nitrogen and oxygen atoms in total. The Bertz CT molecular complexity index is 721. The first kappa shape index (κ1) is 14.4. The Morgan fingerprint density at radius 3 is 2.65 bits per heavy atom. The number of aromatic nitrogens is 2. The van der Waals surface area contributed by atoms with Crippen molar-refractivity contribution < 1.29 is 9.21 Å². The summed E-state index contributed by atoms with van der Waals surface area (Å²) in [6.45, 7) is 4.27. The maximum Gasteiger partial charge on any atom is 0.247 e. The Morgan fingerprint density at radius 1 is 1.22 bits per heavy atom. The summed E-state index contributed by atoms with van der Waals surface area (Å²) in [5, 5.41) is 8.46. The van der Waals surface area contributed by atoms with Crippen molar-refractivity contribution in [2.75, 3.05) is 26.7 Å². The topological polar surface area (TPSA) is 62.5 Å². The second-order valence-corrected chi connectivity index (χ2v) is 6.82. The van der Waals surface area contributed by atoms with Crippen molar-refractivity contribution in [2.45, 2.75) is 19.4 Å². The predicted molar refractivity (Wildman–Crippen MR) is 84.4 cm³/mol. The average molecular weight is 312 g/mol. The standard InChI is InChI=1S/C17H20N4O2/c1-12(22)21-10-17(11-21)8-14(20(2)9-17)16-19-18-15(23-16)13-6-4-3-5-7-13/h3-7,14H,8-11H2,1-2H3. The minimum atomic E-state index is 0.133. The normalized spacial score (nSPS) is 23.2. The summed E-state index contributed by atoms with van der Waals surface area (Å²) in [6.07, 6.45) is 0.962. The van der Waals surface area contributed by atoms with E-state index >= 15 is 0 Å². The lowest BCUT2D eigenvalue weighted by Crippen LogP contribution is -2.58. The molecule has 3 heterocycles. The molecule has 0 bridgehead atoms. The van der Waals surface area contributed by atoms with E-state index in [0.29, 0.717) is 11.8 Å². The van der Waals surface area contributed by atoms with Gasteiger partial charge in [0.25, 0.3) is 0 Å². The summed E-state index contributed by atoms with van der Waals surface area (Å²) in [4.78, 5) is 15.6. The third kappa shape index (κ3) is 2.43. The molecule has 1 amide bonds. The van der Waals surface area contributed by atoms with Crippen LogP contribution < -0.4 is 0 Å². The number of benzene rings is 1. The molecule has 6 heteroatoms. The first-order valence-corrected chi connectivity index (χ1v) is 7.91. The van der Waals surface area contributed by atoms with Gasteiger partial charge in [-0.3, -0.25) is 9.69 Å². The number of rotatable bonds is 2. The molecule has 1 unspecified atom stereocenters. The smallest absolute Gasteiger partial charge is 0.247 e. The van der Waals surface area contributed by atoms with Gasteiger partial charge in [0.15, 0.2) is 0 Å². The van der Waals surface area contributed by atoms with E-state index in [9.17, 15) is 4.79 Å². The second-order valence-electron chi connectivity index (χ2n) is 6.82. The Morgan fingerprint density at radius 2 is 1.96 bits per heavy atom. The Balaban J connectivity index is 1.51. The summed E-state index contributed by atoms with van der Waals surface area (Å²) in [7, 11) is 2.09. The van der Waals surface area contributed by atoms with Gasteiger partial charge < -0.3 is 9.32 Å². The van der Waals surface area contributed by atoms with Crippen molar-refractivity contribution in [2.24, 2.45) is 5.41 Å². The molecule has 2 aliphatic rings. The lowest BCUT2D eigenvalue weighted by Gasteiger charge is -2.47. The first-order valence-electron chi connectivity index (χ1n) is 7.91. The van der Waals surface area contributed by atoms with E-state index in [-0.39, 0.29) is 17.4 Å². The number of carbonyl (C=O) groups is 1. The molecule has 1 spiro atoms. The SMILES string of the molecule is CC(=O)N1CC2(CC(c3nnc(-c4ccccc4)o3)N(C)C2)C1. The number of carbonyl (C=O) groups excluding carboxylic acids is 1. The molecule has 0 saturated carbocycles.